The standard InChI is InChI=1S/C12H13N3O3/c1-7-5-8(18-15-7)6-14-10-4-2-3-9(11(10)13)12(16)17/h2-5,14H,6,13H2,1H3,(H,16,17). The Labute approximate surface area is 103 Å². The van der Waals surface area contributed by atoms with Gasteiger partial charge in [0.15, 0.2) is 5.76 Å². The van der Waals surface area contributed by atoms with E-state index < -0.39 is 5.97 Å². The smallest absolute Gasteiger partial charge is 0.337 e. The third-order valence-electron chi connectivity index (χ3n) is 2.47. The van der Waals surface area contributed by atoms with Crippen LogP contribution in [0, 0.1) is 6.92 Å². The lowest BCUT2D eigenvalue weighted by Crippen LogP contribution is -2.07. The van der Waals surface area contributed by atoms with Crippen molar-refractivity contribution < 1.29 is 14.4 Å². The number of aromatic carboxylic acids is 1. The van der Waals surface area contributed by atoms with E-state index in [-0.39, 0.29) is 11.3 Å². The molecule has 4 N–H and O–H groups in total. The van der Waals surface area contributed by atoms with E-state index in [2.05, 4.69) is 10.5 Å². The minimum absolute atomic E-state index is 0.0775. The van der Waals surface area contributed by atoms with Crippen molar-refractivity contribution >= 4 is 17.3 Å². The van der Waals surface area contributed by atoms with Crippen LogP contribution in [0.25, 0.3) is 0 Å². The van der Waals surface area contributed by atoms with Gasteiger partial charge in [-0.1, -0.05) is 11.2 Å². The highest BCUT2D eigenvalue weighted by Gasteiger charge is 2.11. The van der Waals surface area contributed by atoms with Crippen LogP contribution in [0.2, 0.25) is 0 Å². The summed E-state index contributed by atoms with van der Waals surface area (Å²) >= 11 is 0. The monoisotopic (exact) mass is 247 g/mol. The van der Waals surface area contributed by atoms with E-state index in [1.807, 2.05) is 6.92 Å². The fourth-order valence-electron chi connectivity index (χ4n) is 1.59. The summed E-state index contributed by atoms with van der Waals surface area (Å²) in [7, 11) is 0. The Kier molecular flexibility index (Phi) is 3.18. The van der Waals surface area contributed by atoms with Gasteiger partial charge in [-0.25, -0.2) is 4.79 Å². The van der Waals surface area contributed by atoms with E-state index in [9.17, 15) is 4.79 Å². The number of carboxylic acid groups (broad SMARTS) is 1. The van der Waals surface area contributed by atoms with Gasteiger partial charge in [-0.3, -0.25) is 0 Å². The summed E-state index contributed by atoms with van der Waals surface area (Å²) in [5.41, 5.74) is 7.40. The zero-order chi connectivity index (χ0) is 13.1. The summed E-state index contributed by atoms with van der Waals surface area (Å²) < 4.78 is 5.03. The van der Waals surface area contributed by atoms with E-state index >= 15 is 0 Å². The van der Waals surface area contributed by atoms with Gasteiger partial charge in [0, 0.05) is 6.07 Å². The summed E-state index contributed by atoms with van der Waals surface area (Å²) in [5.74, 6) is -0.390. The van der Waals surface area contributed by atoms with Gasteiger partial charge >= 0.3 is 5.97 Å². The molecule has 6 nitrogen and oxygen atoms in total. The minimum atomic E-state index is -1.05. The van der Waals surface area contributed by atoms with Gasteiger partial charge < -0.3 is 20.7 Å². The van der Waals surface area contributed by atoms with Crippen molar-refractivity contribution in [3.8, 4) is 0 Å². The number of nitrogen functional groups attached to an aromatic ring is 1. The number of nitrogens with one attached hydrogen (secondary N) is 1. The van der Waals surface area contributed by atoms with Gasteiger partial charge in [0.05, 0.1) is 29.2 Å². The largest absolute Gasteiger partial charge is 0.478 e. The number of nitrogens with two attached hydrogens (primary N) is 1. The number of benzene rings is 1. The molecule has 0 bridgehead atoms. The molecule has 2 rings (SSSR count). The molecule has 0 amide bonds. The number of hydrogen-bond acceptors (Lipinski definition) is 5. The van der Waals surface area contributed by atoms with Crippen LogP contribution < -0.4 is 11.1 Å². The minimum Gasteiger partial charge on any atom is -0.478 e. The normalized spacial score (nSPS) is 10.3. The first-order chi connectivity index (χ1) is 8.58. The van der Waals surface area contributed by atoms with Gasteiger partial charge in [-0.05, 0) is 19.1 Å². The van der Waals surface area contributed by atoms with E-state index in [0.717, 1.165) is 5.69 Å². The zero-order valence-corrected chi connectivity index (χ0v) is 9.80. The summed E-state index contributed by atoms with van der Waals surface area (Å²) in [6.45, 7) is 2.22. The van der Waals surface area contributed by atoms with Crippen molar-refractivity contribution in [3.63, 3.8) is 0 Å². The highest BCUT2D eigenvalue weighted by Crippen LogP contribution is 2.23. The van der Waals surface area contributed by atoms with E-state index in [4.69, 9.17) is 15.4 Å². The third-order valence-corrected chi connectivity index (χ3v) is 2.47. The molecule has 0 unspecified atom stereocenters. The Hall–Kier alpha value is -2.50. The molecule has 1 aromatic heterocycles. The average Bonchev–Trinajstić information content (AvgIpc) is 2.73. The van der Waals surface area contributed by atoms with Crippen LogP contribution in [0.3, 0.4) is 0 Å². The molecule has 0 aliphatic rings. The molecule has 2 aromatic rings. The second-order valence-electron chi connectivity index (χ2n) is 3.86. The number of rotatable bonds is 4. The summed E-state index contributed by atoms with van der Waals surface area (Å²) in [4.78, 5) is 10.9. The van der Waals surface area contributed by atoms with Crippen molar-refractivity contribution in [1.29, 1.82) is 0 Å². The SMILES string of the molecule is Cc1cc(CNc2cccc(C(=O)O)c2N)on1. The first kappa shape index (κ1) is 12.0. The Morgan fingerprint density at radius 2 is 2.33 bits per heavy atom. The first-order valence-corrected chi connectivity index (χ1v) is 5.36. The summed E-state index contributed by atoms with van der Waals surface area (Å²) in [5, 5.41) is 15.7. The lowest BCUT2D eigenvalue weighted by atomic mass is 10.1. The molecule has 0 atom stereocenters. The van der Waals surface area contributed by atoms with Crippen molar-refractivity contribution in [2.24, 2.45) is 0 Å². The Morgan fingerprint density at radius 1 is 1.56 bits per heavy atom. The van der Waals surface area contributed by atoms with Crippen molar-refractivity contribution in [3.05, 3.63) is 41.3 Å². The van der Waals surface area contributed by atoms with Crippen molar-refractivity contribution in [2.45, 2.75) is 13.5 Å². The Morgan fingerprint density at radius 3 is 2.94 bits per heavy atom. The molecule has 0 aliphatic carbocycles. The lowest BCUT2D eigenvalue weighted by Gasteiger charge is -2.09. The highest BCUT2D eigenvalue weighted by molar-refractivity contribution is 5.97. The predicted octanol–water partition coefficient (Wildman–Crippen LogP) is 1.88. The number of anilines is 2. The third kappa shape index (κ3) is 2.42. The maximum atomic E-state index is 10.9. The van der Waals surface area contributed by atoms with Crippen molar-refractivity contribution in [1.82, 2.24) is 5.16 Å². The number of nitrogens with zero attached hydrogens (tertiary/aromatic N) is 1. The molecule has 1 aromatic carbocycles. The number of carboxylic acids is 1. The van der Waals surface area contributed by atoms with E-state index in [1.54, 1.807) is 18.2 Å². The number of aromatic nitrogens is 1. The maximum Gasteiger partial charge on any atom is 0.337 e. The molecular weight excluding hydrogens is 234 g/mol. The molecule has 0 fully saturated rings. The molecule has 6 heteroatoms. The van der Waals surface area contributed by atoms with Gasteiger partial charge in [-0.2, -0.15) is 0 Å². The predicted molar refractivity (Wildman–Crippen MR) is 66.4 cm³/mol. The molecule has 0 radical (unpaired) electrons. The Bertz CT molecular complexity index is 578. The fraction of sp³-hybridized carbons (Fsp3) is 0.167. The van der Waals surface area contributed by atoms with Gasteiger partial charge in [0.1, 0.15) is 0 Å². The quantitative estimate of drug-likeness (QED) is 0.713. The van der Waals surface area contributed by atoms with Crippen LogP contribution in [-0.4, -0.2) is 16.2 Å². The maximum absolute atomic E-state index is 10.9. The number of carbonyl (C=O) groups is 1. The lowest BCUT2D eigenvalue weighted by molar-refractivity contribution is 0.0698. The Balaban J connectivity index is 2.14. The van der Waals surface area contributed by atoms with Gasteiger partial charge in [0.2, 0.25) is 0 Å². The molecule has 0 aliphatic heterocycles. The fourth-order valence-corrected chi connectivity index (χ4v) is 1.59. The highest BCUT2D eigenvalue weighted by atomic mass is 16.5. The van der Waals surface area contributed by atoms with Crippen LogP contribution in [0.1, 0.15) is 21.8 Å². The molecule has 0 saturated carbocycles. The van der Waals surface area contributed by atoms with Gasteiger partial charge in [0.25, 0.3) is 0 Å². The molecule has 94 valence electrons. The van der Waals surface area contributed by atoms with E-state index in [1.165, 1.54) is 6.07 Å². The molecule has 18 heavy (non-hydrogen) atoms. The van der Waals surface area contributed by atoms with Crippen LogP contribution in [0.15, 0.2) is 28.8 Å². The van der Waals surface area contributed by atoms with Crippen molar-refractivity contribution in [2.75, 3.05) is 11.1 Å². The number of aryl methyl sites for hydroxylation is 1. The molecule has 1 heterocycles. The van der Waals surface area contributed by atoms with Crippen LogP contribution in [0.4, 0.5) is 11.4 Å². The second kappa shape index (κ2) is 4.79. The molecule has 0 saturated heterocycles. The van der Waals surface area contributed by atoms with Crippen LogP contribution in [-0.2, 0) is 6.54 Å². The molecular formula is C12H13N3O3. The van der Waals surface area contributed by atoms with Crippen LogP contribution >= 0.6 is 0 Å². The van der Waals surface area contributed by atoms with E-state index in [0.29, 0.717) is 18.0 Å². The summed E-state index contributed by atoms with van der Waals surface area (Å²) in [6, 6.07) is 6.60. The first-order valence-electron chi connectivity index (χ1n) is 5.36. The number of para-hydroxylation sites is 1. The number of hydrogen-bond donors (Lipinski definition) is 3. The zero-order valence-electron chi connectivity index (χ0n) is 9.80. The van der Waals surface area contributed by atoms with Crippen LogP contribution in [0.5, 0.6) is 0 Å². The summed E-state index contributed by atoms with van der Waals surface area (Å²) in [6.07, 6.45) is 0. The molecule has 0 spiro atoms. The topological polar surface area (TPSA) is 101 Å². The van der Waals surface area contributed by atoms with Gasteiger partial charge in [-0.15, -0.1) is 0 Å². The second-order valence-corrected chi connectivity index (χ2v) is 3.86. The average molecular weight is 247 g/mol.